The molecule has 0 radical (unpaired) electrons. The van der Waals surface area contributed by atoms with Crippen LogP contribution in [0.25, 0.3) is 22.2 Å². The summed E-state index contributed by atoms with van der Waals surface area (Å²) < 4.78 is 59.0. The van der Waals surface area contributed by atoms with Gasteiger partial charge < -0.3 is 14.4 Å². The SMILES string of the molecule is CN1CC2CCC(C1)N2C(=O)[C@]12C[C@H]1c1cc(F)ccc1-c1c(C3CCCCC3)c3ccc(C(=O)NS(=O)(=O)C4(F)CC4)cc3n1C2. The number of alkyl halides is 1. The first-order chi connectivity index (χ1) is 22.5. The first-order valence-electron chi connectivity index (χ1n) is 17.2. The molecule has 0 spiro atoms. The smallest absolute Gasteiger partial charge is 0.270 e. The van der Waals surface area contributed by atoms with Crippen LogP contribution in [0.15, 0.2) is 36.4 Å². The van der Waals surface area contributed by atoms with Gasteiger partial charge in [0.1, 0.15) is 5.82 Å². The van der Waals surface area contributed by atoms with Gasteiger partial charge in [-0.15, -0.1) is 0 Å². The van der Waals surface area contributed by atoms with Gasteiger partial charge in [0.25, 0.3) is 15.9 Å². The van der Waals surface area contributed by atoms with Crippen molar-refractivity contribution in [3.05, 3.63) is 58.9 Å². The summed E-state index contributed by atoms with van der Waals surface area (Å²) in [6.07, 6.45) is 7.75. The van der Waals surface area contributed by atoms with Crippen molar-refractivity contribution in [2.24, 2.45) is 5.41 Å². The molecule has 248 valence electrons. The third-order valence-electron chi connectivity index (χ3n) is 12.2. The highest BCUT2D eigenvalue weighted by Crippen LogP contribution is 2.66. The Morgan fingerprint density at radius 3 is 2.38 bits per heavy atom. The second kappa shape index (κ2) is 10.1. The summed E-state index contributed by atoms with van der Waals surface area (Å²) in [6.45, 7) is 2.09. The molecule has 1 aromatic heterocycles. The van der Waals surface area contributed by atoms with Crippen LogP contribution in [0.1, 0.15) is 97.5 Å². The van der Waals surface area contributed by atoms with E-state index in [1.165, 1.54) is 12.5 Å². The van der Waals surface area contributed by atoms with Gasteiger partial charge in [-0.05, 0) is 86.5 Å². The van der Waals surface area contributed by atoms with Crippen molar-refractivity contribution >= 4 is 32.7 Å². The molecule has 3 aliphatic carbocycles. The molecule has 2 saturated heterocycles. The van der Waals surface area contributed by atoms with E-state index in [1.54, 1.807) is 18.2 Å². The fraction of sp³-hybridized carbons (Fsp3) is 0.556. The lowest BCUT2D eigenvalue weighted by Crippen LogP contribution is -2.57. The van der Waals surface area contributed by atoms with Crippen LogP contribution < -0.4 is 4.72 Å². The van der Waals surface area contributed by atoms with Gasteiger partial charge in [0, 0.05) is 72.5 Å². The van der Waals surface area contributed by atoms with Gasteiger partial charge in [0.2, 0.25) is 10.9 Å². The predicted molar refractivity (Wildman–Crippen MR) is 174 cm³/mol. The van der Waals surface area contributed by atoms with E-state index in [0.717, 1.165) is 84.9 Å². The van der Waals surface area contributed by atoms with Gasteiger partial charge in [-0.3, -0.25) is 9.59 Å². The Hall–Kier alpha value is -3.31. The maximum absolute atomic E-state index is 15.0. The van der Waals surface area contributed by atoms with Crippen LogP contribution in [-0.4, -0.2) is 71.8 Å². The van der Waals surface area contributed by atoms with Gasteiger partial charge in [-0.2, -0.15) is 0 Å². The highest BCUT2D eigenvalue weighted by atomic mass is 32.2. The molecule has 3 aromatic rings. The van der Waals surface area contributed by atoms with Crippen molar-refractivity contribution < 1.29 is 26.8 Å². The maximum Gasteiger partial charge on any atom is 0.270 e. The fourth-order valence-electron chi connectivity index (χ4n) is 9.63. The topological polar surface area (TPSA) is 91.7 Å². The first kappa shape index (κ1) is 29.8. The van der Waals surface area contributed by atoms with E-state index in [1.807, 2.05) is 16.9 Å². The molecule has 3 saturated carbocycles. The Labute approximate surface area is 273 Å². The molecule has 3 aliphatic heterocycles. The summed E-state index contributed by atoms with van der Waals surface area (Å²) in [5.74, 6) is -0.904. The minimum Gasteiger partial charge on any atom is -0.339 e. The second-order valence-corrected chi connectivity index (χ2v) is 17.1. The Morgan fingerprint density at radius 1 is 0.957 bits per heavy atom. The highest BCUT2D eigenvalue weighted by molar-refractivity contribution is 7.91. The quantitative estimate of drug-likeness (QED) is 0.373. The molecule has 47 heavy (non-hydrogen) atoms. The lowest BCUT2D eigenvalue weighted by Gasteiger charge is -2.41. The molecule has 2 unspecified atom stereocenters. The van der Waals surface area contributed by atoms with Crippen molar-refractivity contribution in [1.82, 2.24) is 19.1 Å². The van der Waals surface area contributed by atoms with Gasteiger partial charge in [-0.1, -0.05) is 25.3 Å². The summed E-state index contributed by atoms with van der Waals surface area (Å²) in [5.41, 5.74) is 4.08. The number of sulfonamides is 1. The molecule has 2 amide bonds. The highest BCUT2D eigenvalue weighted by Gasteiger charge is 2.65. The number of carbonyl (C=O) groups excluding carboxylic acids is 2. The molecule has 2 bridgehead atoms. The number of halogens is 2. The molecule has 5 fully saturated rings. The molecule has 11 heteroatoms. The molecule has 4 atom stereocenters. The van der Waals surface area contributed by atoms with Gasteiger partial charge >= 0.3 is 0 Å². The van der Waals surface area contributed by atoms with Crippen molar-refractivity contribution in [3.63, 3.8) is 0 Å². The second-order valence-electron chi connectivity index (χ2n) is 15.2. The molecular formula is C36H40F2N4O4S. The van der Waals surface area contributed by atoms with E-state index in [-0.39, 0.29) is 54.0 Å². The number of piperazine rings is 1. The Balaban J connectivity index is 1.22. The molecule has 9 rings (SSSR count). The predicted octanol–water partition coefficient (Wildman–Crippen LogP) is 5.81. The molecular weight excluding hydrogens is 622 g/mol. The van der Waals surface area contributed by atoms with Crippen molar-refractivity contribution in [2.75, 3.05) is 20.1 Å². The molecule has 2 aromatic carbocycles. The van der Waals surface area contributed by atoms with Crippen LogP contribution in [-0.2, 0) is 21.4 Å². The molecule has 6 aliphatic rings. The van der Waals surface area contributed by atoms with Crippen LogP contribution in [0.5, 0.6) is 0 Å². The summed E-state index contributed by atoms with van der Waals surface area (Å²) in [4.78, 5) is 32.6. The number of rotatable bonds is 5. The number of nitrogens with one attached hydrogen (secondary N) is 1. The molecule has 8 nitrogen and oxygen atoms in total. The van der Waals surface area contributed by atoms with E-state index in [0.29, 0.717) is 13.0 Å². The zero-order chi connectivity index (χ0) is 32.5. The lowest BCUT2D eigenvalue weighted by atomic mass is 9.81. The van der Waals surface area contributed by atoms with E-state index < -0.39 is 26.3 Å². The number of likely N-dealkylation sites (N-methyl/N-ethyl adjacent to an activating group) is 1. The van der Waals surface area contributed by atoms with Gasteiger partial charge in [0.05, 0.1) is 11.1 Å². The molecule has 1 N–H and O–H groups in total. The zero-order valence-electron chi connectivity index (χ0n) is 26.6. The average Bonchev–Trinajstić information content (AvgIpc) is 3.93. The summed E-state index contributed by atoms with van der Waals surface area (Å²) in [6, 6.07) is 10.5. The van der Waals surface area contributed by atoms with Crippen LogP contribution in [0.3, 0.4) is 0 Å². The number of amides is 2. The van der Waals surface area contributed by atoms with E-state index in [4.69, 9.17) is 0 Å². The standard InChI is InChI=1S/C36H40F2N4O4S/c1-40-18-24-9-10-25(19-40)42(24)34(44)35-17-29(35)28-16-23(37)8-12-26(28)32-31(21-5-3-2-4-6-21)27-11-7-22(15-30(27)41(32)20-35)33(43)39-47(45,46)36(38)13-14-36/h7-8,11-12,15-16,21,24-25,29H,2-6,9-10,13-14,17-20H2,1H3,(H,39,43)/t24?,25?,29-,35-/m0/s1. The van der Waals surface area contributed by atoms with Crippen molar-refractivity contribution in [1.29, 1.82) is 0 Å². The summed E-state index contributed by atoms with van der Waals surface area (Å²) in [7, 11) is -2.36. The molecule has 4 heterocycles. The number of hydrogen-bond acceptors (Lipinski definition) is 5. The number of hydrogen-bond donors (Lipinski definition) is 1. The Morgan fingerprint density at radius 2 is 1.68 bits per heavy atom. The largest absolute Gasteiger partial charge is 0.339 e. The minimum absolute atomic E-state index is 0.120. The fourth-order valence-corrected chi connectivity index (χ4v) is 10.8. The normalized spacial score (nSPS) is 29.5. The summed E-state index contributed by atoms with van der Waals surface area (Å²) in [5, 5.41) is -1.44. The Bertz CT molecular complexity index is 1950. The number of benzene rings is 2. The van der Waals surface area contributed by atoms with Gasteiger partial charge in [-0.25, -0.2) is 21.9 Å². The summed E-state index contributed by atoms with van der Waals surface area (Å²) >= 11 is 0. The van der Waals surface area contributed by atoms with Crippen LogP contribution in [0.4, 0.5) is 8.78 Å². The van der Waals surface area contributed by atoms with E-state index in [2.05, 4.69) is 21.4 Å². The van der Waals surface area contributed by atoms with Crippen LogP contribution >= 0.6 is 0 Å². The number of nitrogens with zero attached hydrogens (tertiary/aromatic N) is 3. The Kier molecular flexibility index (Phi) is 6.41. The average molecular weight is 663 g/mol. The number of likely N-dealkylation sites (tertiary alicyclic amines) is 1. The number of fused-ring (bicyclic) bond motifs is 9. The van der Waals surface area contributed by atoms with Crippen molar-refractivity contribution in [3.8, 4) is 11.3 Å². The van der Waals surface area contributed by atoms with Crippen LogP contribution in [0, 0.1) is 11.2 Å². The minimum atomic E-state index is -4.47. The van der Waals surface area contributed by atoms with Gasteiger partial charge in [0.15, 0.2) is 0 Å². The first-order valence-corrected chi connectivity index (χ1v) is 18.7. The lowest BCUT2D eigenvalue weighted by molar-refractivity contribution is -0.143. The maximum atomic E-state index is 15.0. The zero-order valence-corrected chi connectivity index (χ0v) is 27.4. The third-order valence-corrected chi connectivity index (χ3v) is 14.0. The van der Waals surface area contributed by atoms with Crippen LogP contribution in [0.2, 0.25) is 0 Å². The number of aromatic nitrogens is 1. The van der Waals surface area contributed by atoms with Crippen molar-refractivity contribution in [2.45, 2.75) is 99.7 Å². The monoisotopic (exact) mass is 662 g/mol. The third kappa shape index (κ3) is 4.40. The van der Waals surface area contributed by atoms with E-state index >= 15 is 4.39 Å². The number of carbonyl (C=O) groups is 2. The van der Waals surface area contributed by atoms with E-state index in [9.17, 15) is 22.4 Å².